The van der Waals surface area contributed by atoms with E-state index in [2.05, 4.69) is 5.32 Å². The molecule has 1 fully saturated rings. The van der Waals surface area contributed by atoms with E-state index in [1.165, 1.54) is 19.1 Å². The van der Waals surface area contributed by atoms with E-state index < -0.39 is 18.2 Å². The van der Waals surface area contributed by atoms with Crippen molar-refractivity contribution in [2.75, 3.05) is 19.7 Å². The average molecular weight is 434 g/mol. The van der Waals surface area contributed by atoms with E-state index >= 15 is 0 Å². The van der Waals surface area contributed by atoms with Gasteiger partial charge in [0.15, 0.2) is 6.61 Å². The number of benzene rings is 2. The predicted molar refractivity (Wildman–Crippen MR) is 109 cm³/mol. The smallest absolute Gasteiger partial charge is 0.422 e. The summed E-state index contributed by atoms with van der Waals surface area (Å²) < 4.78 is 41.5. The summed E-state index contributed by atoms with van der Waals surface area (Å²) in [6.07, 6.45) is -3.35. The fourth-order valence-electron chi connectivity index (χ4n) is 3.83. The zero-order valence-electron chi connectivity index (χ0n) is 17.2. The molecule has 166 valence electrons. The van der Waals surface area contributed by atoms with E-state index in [0.29, 0.717) is 25.9 Å². The Kier molecular flexibility index (Phi) is 6.87. The number of nitrogens with zero attached hydrogens (tertiary/aromatic N) is 1. The molecule has 0 saturated carbocycles. The second-order valence-corrected chi connectivity index (χ2v) is 7.68. The number of halogens is 3. The summed E-state index contributed by atoms with van der Waals surface area (Å²) in [6.45, 7) is 1.42. The molecular weight excluding hydrogens is 409 g/mol. The van der Waals surface area contributed by atoms with Crippen LogP contribution in [0.15, 0.2) is 54.6 Å². The number of hydrogen-bond donors (Lipinski definition) is 1. The molecular formula is C23H25F3N2O3. The minimum Gasteiger partial charge on any atom is -0.484 e. The molecule has 8 heteroatoms. The van der Waals surface area contributed by atoms with Crippen LogP contribution in [0.1, 0.15) is 30.9 Å². The lowest BCUT2D eigenvalue weighted by Gasteiger charge is -2.40. The van der Waals surface area contributed by atoms with Gasteiger partial charge in [-0.05, 0) is 36.1 Å². The monoisotopic (exact) mass is 434 g/mol. The Hall–Kier alpha value is -3.03. The summed E-state index contributed by atoms with van der Waals surface area (Å²) in [5.74, 6) is -0.0148. The number of carbonyl (C=O) groups excluding carboxylic acids is 2. The van der Waals surface area contributed by atoms with Gasteiger partial charge in [0.25, 0.3) is 0 Å². The first-order chi connectivity index (χ1) is 14.7. The van der Waals surface area contributed by atoms with Crippen molar-refractivity contribution in [3.05, 3.63) is 65.7 Å². The summed E-state index contributed by atoms with van der Waals surface area (Å²) in [7, 11) is 0. The van der Waals surface area contributed by atoms with Crippen LogP contribution in [0.25, 0.3) is 0 Å². The van der Waals surface area contributed by atoms with Gasteiger partial charge in [0.05, 0.1) is 5.41 Å². The van der Waals surface area contributed by atoms with Crippen molar-refractivity contribution in [1.82, 2.24) is 10.2 Å². The molecule has 0 bridgehead atoms. The molecule has 3 rings (SSSR count). The Labute approximate surface area is 179 Å². The fraction of sp³-hybridized carbons (Fsp3) is 0.391. The predicted octanol–water partition coefficient (Wildman–Crippen LogP) is 3.82. The number of nitrogens with one attached hydrogen (secondary N) is 1. The fourth-order valence-corrected chi connectivity index (χ4v) is 3.83. The Balaban J connectivity index is 1.67. The van der Waals surface area contributed by atoms with E-state index in [9.17, 15) is 22.8 Å². The van der Waals surface area contributed by atoms with Gasteiger partial charge < -0.3 is 15.0 Å². The molecule has 5 nitrogen and oxygen atoms in total. The average Bonchev–Trinajstić information content (AvgIpc) is 2.76. The van der Waals surface area contributed by atoms with Crippen molar-refractivity contribution in [3.8, 4) is 5.75 Å². The van der Waals surface area contributed by atoms with Crippen molar-refractivity contribution in [2.45, 2.75) is 37.9 Å². The van der Waals surface area contributed by atoms with Gasteiger partial charge in [-0.1, -0.05) is 42.5 Å². The van der Waals surface area contributed by atoms with Crippen LogP contribution in [0.5, 0.6) is 5.75 Å². The zero-order chi connectivity index (χ0) is 22.5. The third-order valence-corrected chi connectivity index (χ3v) is 5.60. The molecule has 2 aromatic carbocycles. The van der Waals surface area contributed by atoms with Crippen LogP contribution in [-0.4, -0.2) is 42.6 Å². The highest BCUT2D eigenvalue weighted by molar-refractivity contribution is 5.88. The van der Waals surface area contributed by atoms with E-state index in [-0.39, 0.29) is 24.1 Å². The first-order valence-corrected chi connectivity index (χ1v) is 10.1. The summed E-state index contributed by atoms with van der Waals surface area (Å²) in [6, 6.07) is 15.7. The molecule has 0 aliphatic carbocycles. The topological polar surface area (TPSA) is 58.6 Å². The highest BCUT2D eigenvalue weighted by Gasteiger charge is 2.43. The molecule has 1 aliphatic heterocycles. The normalized spacial score (nSPS) is 15.9. The van der Waals surface area contributed by atoms with Gasteiger partial charge in [0.1, 0.15) is 5.75 Å². The lowest BCUT2D eigenvalue weighted by Crippen LogP contribution is -2.52. The Bertz CT molecular complexity index is 891. The second kappa shape index (κ2) is 9.41. The maximum absolute atomic E-state index is 13.3. The van der Waals surface area contributed by atoms with Gasteiger partial charge in [0.2, 0.25) is 11.8 Å². The maximum atomic E-state index is 13.3. The number of likely N-dealkylation sites (tertiary alicyclic amines) is 1. The molecule has 0 spiro atoms. The van der Waals surface area contributed by atoms with E-state index in [1.807, 2.05) is 30.3 Å². The van der Waals surface area contributed by atoms with Crippen molar-refractivity contribution in [1.29, 1.82) is 0 Å². The lowest BCUT2D eigenvalue weighted by atomic mass is 9.72. The van der Waals surface area contributed by atoms with Gasteiger partial charge in [-0.15, -0.1) is 0 Å². The molecule has 2 amide bonds. The molecule has 1 N–H and O–H groups in total. The summed E-state index contributed by atoms with van der Waals surface area (Å²) >= 11 is 0. The van der Waals surface area contributed by atoms with Crippen LogP contribution >= 0.6 is 0 Å². The number of carbonyl (C=O) groups is 2. The van der Waals surface area contributed by atoms with Crippen LogP contribution in [0.3, 0.4) is 0 Å². The summed E-state index contributed by atoms with van der Waals surface area (Å²) in [4.78, 5) is 26.7. The Morgan fingerprint density at radius 1 is 1.03 bits per heavy atom. The van der Waals surface area contributed by atoms with Crippen LogP contribution in [0, 0.1) is 0 Å². The first-order valence-electron chi connectivity index (χ1n) is 10.1. The standard InChI is InChI=1S/C23H25F3N2O3/c1-17(29)28-13-11-22(12-14-28,19-5-3-2-4-6-19)21(30)27-15-18-7-9-20(10-8-18)31-16-23(24,25)26/h2-10H,11-16H2,1H3,(H,27,30). The molecule has 1 aliphatic rings. The van der Waals surface area contributed by atoms with E-state index in [0.717, 1.165) is 11.1 Å². The van der Waals surface area contributed by atoms with Gasteiger partial charge in [-0.2, -0.15) is 13.2 Å². The molecule has 0 radical (unpaired) electrons. The third kappa shape index (κ3) is 5.77. The summed E-state index contributed by atoms with van der Waals surface area (Å²) in [5, 5.41) is 2.96. The van der Waals surface area contributed by atoms with E-state index in [4.69, 9.17) is 4.74 Å². The number of rotatable bonds is 6. The SMILES string of the molecule is CC(=O)N1CCC(C(=O)NCc2ccc(OCC(F)(F)F)cc2)(c2ccccc2)CC1. The Morgan fingerprint density at radius 3 is 2.19 bits per heavy atom. The quantitative estimate of drug-likeness (QED) is 0.752. The zero-order valence-corrected chi connectivity index (χ0v) is 17.2. The number of hydrogen-bond acceptors (Lipinski definition) is 3. The molecule has 0 unspecified atom stereocenters. The molecule has 0 aromatic heterocycles. The van der Waals surface area contributed by atoms with E-state index in [1.54, 1.807) is 17.0 Å². The van der Waals surface area contributed by atoms with Gasteiger partial charge in [0, 0.05) is 26.6 Å². The van der Waals surface area contributed by atoms with Crippen molar-refractivity contribution < 1.29 is 27.5 Å². The lowest BCUT2D eigenvalue weighted by molar-refractivity contribution is -0.153. The maximum Gasteiger partial charge on any atom is 0.422 e. The summed E-state index contributed by atoms with van der Waals surface area (Å²) in [5.41, 5.74) is 0.923. The molecule has 31 heavy (non-hydrogen) atoms. The van der Waals surface area contributed by atoms with Gasteiger partial charge in [-0.3, -0.25) is 9.59 Å². The van der Waals surface area contributed by atoms with Crippen LogP contribution in [-0.2, 0) is 21.5 Å². The highest BCUT2D eigenvalue weighted by Crippen LogP contribution is 2.36. The van der Waals surface area contributed by atoms with Crippen LogP contribution < -0.4 is 10.1 Å². The van der Waals surface area contributed by atoms with Gasteiger partial charge >= 0.3 is 6.18 Å². The minimum atomic E-state index is -4.39. The second-order valence-electron chi connectivity index (χ2n) is 7.68. The number of piperidine rings is 1. The number of alkyl halides is 3. The van der Waals surface area contributed by atoms with Gasteiger partial charge in [-0.25, -0.2) is 0 Å². The largest absolute Gasteiger partial charge is 0.484 e. The number of amides is 2. The third-order valence-electron chi connectivity index (χ3n) is 5.60. The molecule has 1 heterocycles. The molecule has 0 atom stereocenters. The molecule has 2 aromatic rings. The van der Waals surface area contributed by atoms with Crippen LogP contribution in [0.2, 0.25) is 0 Å². The highest BCUT2D eigenvalue weighted by atomic mass is 19.4. The van der Waals surface area contributed by atoms with Crippen LogP contribution in [0.4, 0.5) is 13.2 Å². The molecule has 1 saturated heterocycles. The van der Waals surface area contributed by atoms with Crippen molar-refractivity contribution in [3.63, 3.8) is 0 Å². The van der Waals surface area contributed by atoms with Crippen molar-refractivity contribution in [2.24, 2.45) is 0 Å². The van der Waals surface area contributed by atoms with Crippen molar-refractivity contribution >= 4 is 11.8 Å². The first kappa shape index (κ1) is 22.7. The minimum absolute atomic E-state index is 0.00472. The Morgan fingerprint density at radius 2 is 1.65 bits per heavy atom. The number of ether oxygens (including phenoxy) is 1.